The maximum absolute atomic E-state index is 12.1. The lowest BCUT2D eigenvalue weighted by Crippen LogP contribution is -1.88. The molecular formula is C6H9F2OP. The zero-order valence-electron chi connectivity index (χ0n) is 5.52. The third-order valence-corrected chi connectivity index (χ3v) is 2.68. The first-order chi connectivity index (χ1) is 4.61. The Hall–Kier alpha value is -0.170. The van der Waals surface area contributed by atoms with Gasteiger partial charge in [-0.3, -0.25) is 0 Å². The minimum Gasteiger partial charge on any atom is -0.245 e. The molecule has 0 fully saturated rings. The minimum absolute atomic E-state index is 0.112. The first-order valence-corrected chi connectivity index (χ1v) is 4.78. The Kier molecular flexibility index (Phi) is 2.24. The van der Waals surface area contributed by atoms with Crippen molar-refractivity contribution in [3.8, 4) is 0 Å². The van der Waals surface area contributed by atoms with Crippen LogP contribution in [0.2, 0.25) is 0 Å². The predicted molar refractivity (Wildman–Crippen MR) is 36.4 cm³/mol. The molecule has 0 amide bonds. The third kappa shape index (κ3) is 1.91. The Morgan fingerprint density at radius 2 is 2.10 bits per heavy atom. The molecular weight excluding hydrogens is 157 g/mol. The van der Waals surface area contributed by atoms with Crippen molar-refractivity contribution in [1.82, 2.24) is 0 Å². The van der Waals surface area contributed by atoms with E-state index in [4.69, 9.17) is 0 Å². The molecule has 0 saturated carbocycles. The Bertz CT molecular complexity index is 194. The molecule has 1 aliphatic carbocycles. The number of halogens is 2. The molecule has 1 rings (SSSR count). The Morgan fingerprint density at radius 3 is 2.40 bits per heavy atom. The van der Waals surface area contributed by atoms with Crippen LogP contribution in [0.25, 0.3) is 0 Å². The average Bonchev–Trinajstić information content (AvgIpc) is 1.88. The van der Waals surface area contributed by atoms with E-state index in [2.05, 4.69) is 0 Å². The summed E-state index contributed by atoms with van der Waals surface area (Å²) < 4.78 is 34.4. The molecule has 0 radical (unpaired) electrons. The molecule has 0 bridgehead atoms. The topological polar surface area (TPSA) is 17.1 Å². The van der Waals surface area contributed by atoms with E-state index in [1.807, 2.05) is 0 Å². The van der Waals surface area contributed by atoms with E-state index in [-0.39, 0.29) is 5.31 Å². The fourth-order valence-electron chi connectivity index (χ4n) is 1.06. The Labute approximate surface area is 58.7 Å². The van der Waals surface area contributed by atoms with E-state index in [1.165, 1.54) is 6.08 Å². The lowest BCUT2D eigenvalue weighted by molar-refractivity contribution is 0.497. The normalized spacial score (nSPS) is 20.4. The molecule has 0 aromatic carbocycles. The molecule has 0 heterocycles. The fourth-order valence-corrected chi connectivity index (χ4v) is 1.82. The lowest BCUT2D eigenvalue weighted by Gasteiger charge is -2.09. The second kappa shape index (κ2) is 2.83. The highest BCUT2D eigenvalue weighted by molar-refractivity contribution is 7.57. The van der Waals surface area contributed by atoms with Gasteiger partial charge in [-0.25, -0.2) is 4.57 Å². The maximum Gasteiger partial charge on any atom is 0.428 e. The molecule has 58 valence electrons. The first kappa shape index (κ1) is 7.93. The van der Waals surface area contributed by atoms with Gasteiger partial charge in [-0.05, 0) is 25.7 Å². The van der Waals surface area contributed by atoms with Gasteiger partial charge >= 0.3 is 7.76 Å². The van der Waals surface area contributed by atoms with E-state index in [1.54, 1.807) is 0 Å². The van der Waals surface area contributed by atoms with Crippen LogP contribution in [0.3, 0.4) is 0 Å². The monoisotopic (exact) mass is 166 g/mol. The molecule has 0 atom stereocenters. The van der Waals surface area contributed by atoms with Crippen molar-refractivity contribution < 1.29 is 13.0 Å². The van der Waals surface area contributed by atoms with E-state index < -0.39 is 7.76 Å². The van der Waals surface area contributed by atoms with Crippen molar-refractivity contribution in [3.05, 3.63) is 11.4 Å². The van der Waals surface area contributed by atoms with E-state index >= 15 is 0 Å². The number of rotatable bonds is 1. The number of hydrogen-bond donors (Lipinski definition) is 0. The van der Waals surface area contributed by atoms with Crippen LogP contribution in [0.1, 0.15) is 25.7 Å². The number of allylic oxidation sites excluding steroid dienone is 2. The Balaban J connectivity index is 2.72. The summed E-state index contributed by atoms with van der Waals surface area (Å²) in [5.74, 6) is 0. The van der Waals surface area contributed by atoms with Crippen LogP contribution in [0.4, 0.5) is 8.39 Å². The molecule has 4 heteroatoms. The van der Waals surface area contributed by atoms with Crippen molar-refractivity contribution in [2.24, 2.45) is 0 Å². The largest absolute Gasteiger partial charge is 0.428 e. The summed E-state index contributed by atoms with van der Waals surface area (Å²) >= 11 is 0. The highest BCUT2D eigenvalue weighted by atomic mass is 31.2. The van der Waals surface area contributed by atoms with Crippen molar-refractivity contribution in [3.63, 3.8) is 0 Å². The number of hydrogen-bond acceptors (Lipinski definition) is 1. The SMILES string of the molecule is O=P(F)(F)C1=CCCCC1. The van der Waals surface area contributed by atoms with Crippen LogP contribution in [0.5, 0.6) is 0 Å². The van der Waals surface area contributed by atoms with Gasteiger partial charge in [0.1, 0.15) is 0 Å². The summed E-state index contributed by atoms with van der Waals surface area (Å²) in [5, 5.41) is -0.112. The predicted octanol–water partition coefficient (Wildman–Crippen LogP) is 3.58. The molecule has 1 aliphatic rings. The molecule has 0 spiro atoms. The second-order valence-electron chi connectivity index (χ2n) is 2.40. The van der Waals surface area contributed by atoms with Crippen LogP contribution in [-0.4, -0.2) is 0 Å². The summed E-state index contributed by atoms with van der Waals surface area (Å²) in [7, 11) is -4.88. The molecule has 0 aromatic rings. The average molecular weight is 166 g/mol. The molecule has 1 nitrogen and oxygen atoms in total. The molecule has 0 aliphatic heterocycles. The maximum atomic E-state index is 12.1. The van der Waals surface area contributed by atoms with Crippen LogP contribution in [0.15, 0.2) is 11.4 Å². The van der Waals surface area contributed by atoms with E-state index in [0.29, 0.717) is 12.8 Å². The van der Waals surface area contributed by atoms with Crippen molar-refractivity contribution in [2.45, 2.75) is 25.7 Å². The Morgan fingerprint density at radius 1 is 1.40 bits per heavy atom. The fraction of sp³-hybridized carbons (Fsp3) is 0.667. The zero-order valence-corrected chi connectivity index (χ0v) is 6.41. The van der Waals surface area contributed by atoms with Crippen LogP contribution in [0, 0.1) is 0 Å². The van der Waals surface area contributed by atoms with Crippen LogP contribution >= 0.6 is 7.76 Å². The standard InChI is InChI=1S/C6H9F2OP/c7-10(8,9)6-4-2-1-3-5-6/h4H,1-3,5H2. The highest BCUT2D eigenvalue weighted by Crippen LogP contribution is 2.59. The van der Waals surface area contributed by atoms with Crippen molar-refractivity contribution in [2.75, 3.05) is 0 Å². The summed E-state index contributed by atoms with van der Waals surface area (Å²) in [4.78, 5) is 0. The van der Waals surface area contributed by atoms with Gasteiger partial charge in [0.15, 0.2) is 0 Å². The van der Waals surface area contributed by atoms with Gasteiger partial charge in [-0.2, -0.15) is 0 Å². The van der Waals surface area contributed by atoms with E-state index in [9.17, 15) is 13.0 Å². The van der Waals surface area contributed by atoms with Gasteiger partial charge in [0.05, 0.1) is 0 Å². The van der Waals surface area contributed by atoms with E-state index in [0.717, 1.165) is 12.8 Å². The molecule has 0 N–H and O–H groups in total. The van der Waals surface area contributed by atoms with Gasteiger partial charge < -0.3 is 0 Å². The highest BCUT2D eigenvalue weighted by Gasteiger charge is 2.26. The molecule has 0 aromatic heterocycles. The van der Waals surface area contributed by atoms with Crippen molar-refractivity contribution in [1.29, 1.82) is 0 Å². The summed E-state index contributed by atoms with van der Waals surface area (Å²) in [6.45, 7) is 0. The van der Waals surface area contributed by atoms with Gasteiger partial charge in [0.25, 0.3) is 0 Å². The smallest absolute Gasteiger partial charge is 0.245 e. The van der Waals surface area contributed by atoms with Crippen LogP contribution < -0.4 is 0 Å². The first-order valence-electron chi connectivity index (χ1n) is 3.29. The second-order valence-corrected chi connectivity index (χ2v) is 3.90. The van der Waals surface area contributed by atoms with Gasteiger partial charge in [0, 0.05) is 5.31 Å². The summed E-state index contributed by atoms with van der Waals surface area (Å²) in [6, 6.07) is 0. The van der Waals surface area contributed by atoms with Gasteiger partial charge in [-0.1, -0.05) is 6.08 Å². The van der Waals surface area contributed by atoms with Crippen molar-refractivity contribution >= 4 is 7.76 Å². The lowest BCUT2D eigenvalue weighted by atomic mass is 10.1. The zero-order chi connectivity index (χ0) is 7.61. The quantitative estimate of drug-likeness (QED) is 0.544. The molecule has 0 unspecified atom stereocenters. The third-order valence-electron chi connectivity index (χ3n) is 1.60. The molecule has 10 heavy (non-hydrogen) atoms. The van der Waals surface area contributed by atoms with Gasteiger partial charge in [-0.15, -0.1) is 8.39 Å². The molecule has 0 saturated heterocycles. The van der Waals surface area contributed by atoms with Gasteiger partial charge in [0.2, 0.25) is 0 Å². The summed E-state index contributed by atoms with van der Waals surface area (Å²) in [6.07, 6.45) is 4.11. The summed E-state index contributed by atoms with van der Waals surface area (Å²) in [5.41, 5.74) is 0. The minimum atomic E-state index is -4.88. The van der Waals surface area contributed by atoms with Crippen LogP contribution in [-0.2, 0) is 4.57 Å².